The monoisotopic (exact) mass is 281 g/mol. The molecule has 0 saturated carbocycles. The van der Waals surface area contributed by atoms with E-state index in [0.717, 1.165) is 19.4 Å². The molecule has 1 saturated heterocycles. The van der Waals surface area contributed by atoms with E-state index in [4.69, 9.17) is 10.00 Å². The number of sulfonamides is 1. The maximum atomic E-state index is 12.0. The third kappa shape index (κ3) is 3.50. The molecule has 0 bridgehead atoms. The average molecular weight is 281 g/mol. The molecule has 0 aliphatic carbocycles. The molecule has 1 N–H and O–H groups in total. The summed E-state index contributed by atoms with van der Waals surface area (Å²) < 4.78 is 32.0. The Morgan fingerprint density at radius 1 is 1.58 bits per heavy atom. The number of nitrogens with one attached hydrogen (secondary N) is 1. The van der Waals surface area contributed by atoms with Gasteiger partial charge in [0.25, 0.3) is 0 Å². The van der Waals surface area contributed by atoms with Gasteiger partial charge in [0.1, 0.15) is 11.0 Å². The van der Waals surface area contributed by atoms with Crippen molar-refractivity contribution >= 4 is 10.0 Å². The van der Waals surface area contributed by atoms with E-state index in [0.29, 0.717) is 13.0 Å². The van der Waals surface area contributed by atoms with Crippen molar-refractivity contribution in [3.63, 3.8) is 0 Å². The zero-order valence-electron chi connectivity index (χ0n) is 10.4. The molecule has 1 aromatic rings. The van der Waals surface area contributed by atoms with Gasteiger partial charge in [-0.2, -0.15) is 5.26 Å². The van der Waals surface area contributed by atoms with Crippen molar-refractivity contribution in [2.45, 2.75) is 30.3 Å². The van der Waals surface area contributed by atoms with Crippen LogP contribution in [0.5, 0.6) is 0 Å². The molecule has 2 rings (SSSR count). The van der Waals surface area contributed by atoms with E-state index < -0.39 is 10.0 Å². The lowest BCUT2D eigenvalue weighted by molar-refractivity contribution is 0.105. The van der Waals surface area contributed by atoms with Crippen LogP contribution in [0, 0.1) is 11.3 Å². The van der Waals surface area contributed by atoms with Crippen LogP contribution in [-0.4, -0.2) is 32.7 Å². The van der Waals surface area contributed by atoms with Crippen molar-refractivity contribution in [3.05, 3.63) is 24.0 Å². The minimum atomic E-state index is -3.69. The third-order valence-electron chi connectivity index (χ3n) is 2.95. The van der Waals surface area contributed by atoms with Crippen LogP contribution in [0.1, 0.15) is 25.0 Å². The SMILES string of the molecule is N#Cc1ncccc1S(=O)(=O)NCCC1CCCO1. The fraction of sp³-hybridized carbons (Fsp3) is 0.500. The second-order valence-electron chi connectivity index (χ2n) is 4.28. The molecular weight excluding hydrogens is 266 g/mol. The molecule has 19 heavy (non-hydrogen) atoms. The van der Waals surface area contributed by atoms with Gasteiger partial charge in [0.2, 0.25) is 10.0 Å². The predicted molar refractivity (Wildman–Crippen MR) is 67.7 cm³/mol. The number of nitriles is 1. The third-order valence-corrected chi connectivity index (χ3v) is 4.44. The standard InChI is InChI=1S/C12H15N3O3S/c13-9-11-12(4-1-6-14-11)19(16,17)15-7-5-10-3-2-8-18-10/h1,4,6,10,15H,2-3,5,7-8H2. The first-order valence-corrected chi connectivity index (χ1v) is 7.58. The summed E-state index contributed by atoms with van der Waals surface area (Å²) in [6, 6.07) is 4.65. The van der Waals surface area contributed by atoms with Crippen molar-refractivity contribution in [2.24, 2.45) is 0 Å². The number of ether oxygens (including phenoxy) is 1. The normalized spacial score (nSPS) is 19.2. The molecule has 1 fully saturated rings. The number of hydrogen-bond donors (Lipinski definition) is 1. The Hall–Kier alpha value is -1.49. The molecule has 1 atom stereocenters. The van der Waals surface area contributed by atoms with Gasteiger partial charge in [-0.3, -0.25) is 0 Å². The number of hydrogen-bond acceptors (Lipinski definition) is 5. The number of pyridine rings is 1. The molecule has 0 radical (unpaired) electrons. The molecule has 7 heteroatoms. The van der Waals surface area contributed by atoms with Crippen molar-refractivity contribution in [3.8, 4) is 6.07 Å². The molecule has 0 amide bonds. The summed E-state index contributed by atoms with van der Waals surface area (Å²) in [5, 5.41) is 8.86. The minimum absolute atomic E-state index is 0.0789. The molecule has 102 valence electrons. The number of aromatic nitrogens is 1. The molecule has 1 aliphatic heterocycles. The van der Waals surface area contributed by atoms with Crippen LogP contribution in [0.3, 0.4) is 0 Å². The van der Waals surface area contributed by atoms with Crippen LogP contribution in [0.2, 0.25) is 0 Å². The van der Waals surface area contributed by atoms with Gasteiger partial charge < -0.3 is 4.74 Å². The van der Waals surface area contributed by atoms with Crippen LogP contribution >= 0.6 is 0 Å². The highest BCUT2D eigenvalue weighted by molar-refractivity contribution is 7.89. The molecule has 2 heterocycles. The topological polar surface area (TPSA) is 92.1 Å². The Morgan fingerprint density at radius 3 is 3.11 bits per heavy atom. The molecule has 0 spiro atoms. The Bertz CT molecular complexity index is 574. The lowest BCUT2D eigenvalue weighted by atomic mass is 10.2. The first-order chi connectivity index (χ1) is 9.13. The predicted octanol–water partition coefficient (Wildman–Crippen LogP) is 0.801. The minimum Gasteiger partial charge on any atom is -0.378 e. The quantitative estimate of drug-likeness (QED) is 0.862. The van der Waals surface area contributed by atoms with Gasteiger partial charge in [0, 0.05) is 19.3 Å². The van der Waals surface area contributed by atoms with Crippen LogP contribution in [0.4, 0.5) is 0 Å². The molecule has 1 aliphatic rings. The van der Waals surface area contributed by atoms with E-state index in [1.807, 2.05) is 0 Å². The van der Waals surface area contributed by atoms with Crippen LogP contribution in [0.15, 0.2) is 23.2 Å². The summed E-state index contributed by atoms with van der Waals surface area (Å²) in [5.74, 6) is 0. The van der Waals surface area contributed by atoms with Gasteiger partial charge >= 0.3 is 0 Å². The maximum absolute atomic E-state index is 12.0. The molecule has 1 unspecified atom stereocenters. The van der Waals surface area contributed by atoms with Gasteiger partial charge in [-0.1, -0.05) is 0 Å². The molecule has 0 aromatic carbocycles. The maximum Gasteiger partial charge on any atom is 0.243 e. The fourth-order valence-corrected chi connectivity index (χ4v) is 3.15. The second-order valence-corrected chi connectivity index (χ2v) is 6.02. The van der Waals surface area contributed by atoms with Gasteiger partial charge in [0.15, 0.2) is 5.69 Å². The summed E-state index contributed by atoms with van der Waals surface area (Å²) in [7, 11) is -3.69. The summed E-state index contributed by atoms with van der Waals surface area (Å²) in [5.41, 5.74) is -0.0906. The van der Waals surface area contributed by atoms with E-state index in [2.05, 4.69) is 9.71 Å². The van der Waals surface area contributed by atoms with Crippen molar-refractivity contribution in [1.82, 2.24) is 9.71 Å². The van der Waals surface area contributed by atoms with Crippen molar-refractivity contribution < 1.29 is 13.2 Å². The van der Waals surface area contributed by atoms with E-state index in [-0.39, 0.29) is 16.7 Å². The van der Waals surface area contributed by atoms with E-state index in [1.54, 1.807) is 6.07 Å². The van der Waals surface area contributed by atoms with Crippen LogP contribution < -0.4 is 4.72 Å². The Labute approximate surface area is 112 Å². The van der Waals surface area contributed by atoms with Crippen molar-refractivity contribution in [1.29, 1.82) is 5.26 Å². The summed E-state index contributed by atoms with van der Waals surface area (Å²) in [6.45, 7) is 1.05. The molecule has 1 aromatic heterocycles. The summed E-state index contributed by atoms with van der Waals surface area (Å²) in [6.07, 6.45) is 4.16. The first kappa shape index (κ1) is 13.9. The molecule has 6 nitrogen and oxygen atoms in total. The average Bonchev–Trinajstić information content (AvgIpc) is 2.91. The van der Waals surface area contributed by atoms with Crippen LogP contribution in [-0.2, 0) is 14.8 Å². The highest BCUT2D eigenvalue weighted by atomic mass is 32.2. The second kappa shape index (κ2) is 6.10. The zero-order chi connectivity index (χ0) is 13.7. The highest BCUT2D eigenvalue weighted by Crippen LogP contribution is 2.16. The van der Waals surface area contributed by atoms with Crippen LogP contribution in [0.25, 0.3) is 0 Å². The van der Waals surface area contributed by atoms with E-state index in [1.165, 1.54) is 18.3 Å². The number of rotatable bonds is 5. The van der Waals surface area contributed by atoms with E-state index in [9.17, 15) is 8.42 Å². The smallest absolute Gasteiger partial charge is 0.243 e. The van der Waals surface area contributed by atoms with Gasteiger partial charge in [-0.25, -0.2) is 18.1 Å². The lowest BCUT2D eigenvalue weighted by Gasteiger charge is -2.10. The largest absolute Gasteiger partial charge is 0.378 e. The fourth-order valence-electron chi connectivity index (χ4n) is 2.00. The first-order valence-electron chi connectivity index (χ1n) is 6.10. The Balaban J connectivity index is 1.99. The highest BCUT2D eigenvalue weighted by Gasteiger charge is 2.20. The number of nitrogens with zero attached hydrogens (tertiary/aromatic N) is 2. The van der Waals surface area contributed by atoms with E-state index >= 15 is 0 Å². The summed E-state index contributed by atoms with van der Waals surface area (Å²) in [4.78, 5) is 3.67. The van der Waals surface area contributed by atoms with Crippen molar-refractivity contribution in [2.75, 3.05) is 13.2 Å². The summed E-state index contributed by atoms with van der Waals surface area (Å²) >= 11 is 0. The van der Waals surface area contributed by atoms with Gasteiger partial charge in [0.05, 0.1) is 6.10 Å². The zero-order valence-corrected chi connectivity index (χ0v) is 11.2. The Kier molecular flexibility index (Phi) is 4.47. The molecular formula is C12H15N3O3S. The van der Waals surface area contributed by atoms with Gasteiger partial charge in [-0.05, 0) is 31.4 Å². The Morgan fingerprint density at radius 2 is 2.42 bits per heavy atom. The van der Waals surface area contributed by atoms with Gasteiger partial charge in [-0.15, -0.1) is 0 Å². The lowest BCUT2D eigenvalue weighted by Crippen LogP contribution is -2.28.